The molecule has 0 aromatic rings. The average molecular weight is 295 g/mol. The van der Waals surface area contributed by atoms with Gasteiger partial charge in [-0.2, -0.15) is 0 Å². The molecule has 0 N–H and O–H groups in total. The number of fused-ring (bicyclic) bond motifs is 1. The van der Waals surface area contributed by atoms with E-state index in [1.807, 2.05) is 20.8 Å². The van der Waals surface area contributed by atoms with Crippen LogP contribution >= 0.6 is 0 Å². The highest BCUT2D eigenvalue weighted by Gasteiger charge is 2.66. The van der Waals surface area contributed by atoms with E-state index in [0.717, 1.165) is 12.8 Å². The molecule has 1 spiro atoms. The van der Waals surface area contributed by atoms with Gasteiger partial charge in [0.25, 0.3) is 0 Å². The summed E-state index contributed by atoms with van der Waals surface area (Å²) in [6.07, 6.45) is 5.92. The smallest absolute Gasteiger partial charge is 0.307 e. The van der Waals surface area contributed by atoms with Gasteiger partial charge in [-0.3, -0.25) is 14.9 Å². The van der Waals surface area contributed by atoms with Crippen LogP contribution in [-0.2, 0) is 9.53 Å². The molecule has 21 heavy (non-hydrogen) atoms. The summed E-state index contributed by atoms with van der Waals surface area (Å²) in [6.45, 7) is 5.43. The van der Waals surface area contributed by atoms with Gasteiger partial charge in [0, 0.05) is 10.3 Å². The standard InChI is InChI=1S/C16H25NO4/c1-14(2,3)21-13(18)9-16(10-17(19)20)7-11-6-15(4-5-15)8-12(11)16/h11-12H,4-10H2,1-3H3/t11-,12-,16-/m1/s1. The molecule has 0 unspecified atom stereocenters. The van der Waals surface area contributed by atoms with Gasteiger partial charge in [0.15, 0.2) is 0 Å². The molecule has 0 heterocycles. The zero-order valence-corrected chi connectivity index (χ0v) is 13.2. The van der Waals surface area contributed by atoms with Crippen molar-refractivity contribution in [2.75, 3.05) is 6.54 Å². The molecule has 3 aliphatic rings. The topological polar surface area (TPSA) is 69.4 Å². The van der Waals surface area contributed by atoms with E-state index in [2.05, 4.69) is 0 Å². The summed E-state index contributed by atoms with van der Waals surface area (Å²) in [5.41, 5.74) is -0.479. The van der Waals surface area contributed by atoms with Gasteiger partial charge in [0.05, 0.1) is 6.42 Å². The minimum absolute atomic E-state index is 0.0799. The zero-order chi connectivity index (χ0) is 15.5. The van der Waals surface area contributed by atoms with Crippen LogP contribution in [0.1, 0.15) is 59.3 Å². The Morgan fingerprint density at radius 2 is 1.95 bits per heavy atom. The van der Waals surface area contributed by atoms with E-state index >= 15 is 0 Å². The van der Waals surface area contributed by atoms with Gasteiger partial charge in [-0.1, -0.05) is 0 Å². The minimum Gasteiger partial charge on any atom is -0.460 e. The Labute approximate surface area is 125 Å². The van der Waals surface area contributed by atoms with Crippen LogP contribution in [0.4, 0.5) is 0 Å². The number of esters is 1. The van der Waals surface area contributed by atoms with Gasteiger partial charge in [-0.05, 0) is 70.1 Å². The first-order chi connectivity index (χ1) is 9.63. The molecule has 3 atom stereocenters. The molecule has 0 radical (unpaired) electrons. The molecule has 0 saturated heterocycles. The third-order valence-electron chi connectivity index (χ3n) is 5.69. The van der Waals surface area contributed by atoms with Crippen molar-refractivity contribution in [3.8, 4) is 0 Å². The molecule has 0 aromatic carbocycles. The van der Waals surface area contributed by atoms with Crippen LogP contribution in [0.25, 0.3) is 0 Å². The summed E-state index contributed by atoms with van der Waals surface area (Å²) in [4.78, 5) is 23.0. The van der Waals surface area contributed by atoms with Crippen molar-refractivity contribution >= 4 is 5.97 Å². The van der Waals surface area contributed by atoms with Crippen molar-refractivity contribution in [1.29, 1.82) is 0 Å². The first kappa shape index (κ1) is 14.8. The van der Waals surface area contributed by atoms with E-state index in [0.29, 0.717) is 17.3 Å². The largest absolute Gasteiger partial charge is 0.460 e. The van der Waals surface area contributed by atoms with Gasteiger partial charge in [0.2, 0.25) is 6.54 Å². The lowest BCUT2D eigenvalue weighted by Gasteiger charge is -2.49. The summed E-state index contributed by atoms with van der Waals surface area (Å²) >= 11 is 0. The second-order valence-corrected chi connectivity index (χ2v) is 8.60. The predicted octanol–water partition coefficient (Wildman–Crippen LogP) is 3.19. The lowest BCUT2D eigenvalue weighted by molar-refractivity contribution is -0.507. The average Bonchev–Trinajstić information content (AvgIpc) is 2.94. The summed E-state index contributed by atoms with van der Waals surface area (Å²) in [7, 11) is 0. The Morgan fingerprint density at radius 3 is 2.48 bits per heavy atom. The van der Waals surface area contributed by atoms with Crippen LogP contribution in [0.15, 0.2) is 0 Å². The quantitative estimate of drug-likeness (QED) is 0.454. The Balaban J connectivity index is 1.70. The van der Waals surface area contributed by atoms with Gasteiger partial charge in [0.1, 0.15) is 5.60 Å². The Bertz CT molecular complexity index is 477. The van der Waals surface area contributed by atoms with Crippen molar-refractivity contribution in [3.63, 3.8) is 0 Å². The van der Waals surface area contributed by atoms with Crippen molar-refractivity contribution in [1.82, 2.24) is 0 Å². The first-order valence-electron chi connectivity index (χ1n) is 7.97. The van der Waals surface area contributed by atoms with Gasteiger partial charge in [-0.25, -0.2) is 0 Å². The van der Waals surface area contributed by atoms with Crippen molar-refractivity contribution in [2.45, 2.75) is 64.9 Å². The number of hydrogen-bond donors (Lipinski definition) is 0. The normalized spacial score (nSPS) is 36.0. The number of carbonyl (C=O) groups excluding carboxylic acids is 1. The third kappa shape index (κ3) is 2.79. The second-order valence-electron chi connectivity index (χ2n) is 8.60. The molecule has 0 aliphatic heterocycles. The van der Waals surface area contributed by atoms with E-state index in [4.69, 9.17) is 4.74 Å². The maximum atomic E-state index is 12.2. The van der Waals surface area contributed by atoms with Crippen LogP contribution in [-0.4, -0.2) is 23.0 Å². The van der Waals surface area contributed by atoms with E-state index in [9.17, 15) is 14.9 Å². The maximum absolute atomic E-state index is 12.2. The Hall–Kier alpha value is -1.13. The lowest BCUT2D eigenvalue weighted by Crippen LogP contribution is -2.51. The summed E-state index contributed by atoms with van der Waals surface area (Å²) in [5, 5.41) is 11.1. The highest BCUT2D eigenvalue weighted by Crippen LogP contribution is 2.72. The fourth-order valence-electron chi connectivity index (χ4n) is 4.81. The molecule has 5 heteroatoms. The molecule has 3 rings (SSSR count). The van der Waals surface area contributed by atoms with Crippen LogP contribution in [0.3, 0.4) is 0 Å². The maximum Gasteiger partial charge on any atom is 0.307 e. The first-order valence-corrected chi connectivity index (χ1v) is 7.97. The lowest BCUT2D eigenvalue weighted by atomic mass is 9.53. The molecular formula is C16H25NO4. The number of nitro groups is 1. The predicted molar refractivity (Wildman–Crippen MR) is 77.3 cm³/mol. The van der Waals surface area contributed by atoms with Gasteiger partial charge >= 0.3 is 5.97 Å². The molecule has 3 saturated carbocycles. The molecule has 118 valence electrons. The Morgan fingerprint density at radius 1 is 1.29 bits per heavy atom. The summed E-state index contributed by atoms with van der Waals surface area (Å²) < 4.78 is 5.41. The van der Waals surface area contributed by atoms with Crippen LogP contribution < -0.4 is 0 Å². The monoisotopic (exact) mass is 295 g/mol. The third-order valence-corrected chi connectivity index (χ3v) is 5.69. The summed E-state index contributed by atoms with van der Waals surface area (Å²) in [6, 6.07) is 0. The van der Waals surface area contributed by atoms with Crippen LogP contribution in [0.2, 0.25) is 0 Å². The van der Waals surface area contributed by atoms with Crippen LogP contribution in [0.5, 0.6) is 0 Å². The number of carbonyl (C=O) groups is 1. The van der Waals surface area contributed by atoms with Gasteiger partial charge in [-0.15, -0.1) is 0 Å². The second kappa shape index (κ2) is 4.43. The molecule has 3 fully saturated rings. The molecule has 0 aromatic heterocycles. The van der Waals surface area contributed by atoms with E-state index in [1.54, 1.807) is 0 Å². The number of ether oxygens (including phenoxy) is 1. The Kier molecular flexibility index (Phi) is 3.12. The molecule has 5 nitrogen and oxygen atoms in total. The highest BCUT2D eigenvalue weighted by atomic mass is 16.6. The highest BCUT2D eigenvalue weighted by molar-refractivity contribution is 5.71. The van der Waals surface area contributed by atoms with Gasteiger partial charge < -0.3 is 4.74 Å². The fourth-order valence-corrected chi connectivity index (χ4v) is 4.81. The van der Waals surface area contributed by atoms with E-state index in [-0.39, 0.29) is 23.9 Å². The van der Waals surface area contributed by atoms with Crippen LogP contribution in [0, 0.1) is 32.8 Å². The minimum atomic E-state index is -0.524. The van der Waals surface area contributed by atoms with E-state index < -0.39 is 11.0 Å². The molecule has 0 bridgehead atoms. The number of rotatable bonds is 4. The molecular weight excluding hydrogens is 270 g/mol. The molecule has 3 aliphatic carbocycles. The van der Waals surface area contributed by atoms with Crippen molar-refractivity contribution < 1.29 is 14.5 Å². The molecule has 0 amide bonds. The SMILES string of the molecule is CC(C)(C)OC(=O)C[C@@]1(C[N+](=O)[O-])C[C@H]2CC3(CC3)C[C@H]21. The fraction of sp³-hybridized carbons (Fsp3) is 0.938. The van der Waals surface area contributed by atoms with E-state index in [1.165, 1.54) is 19.3 Å². The number of nitrogens with zero attached hydrogens (tertiary/aromatic N) is 1. The van der Waals surface area contributed by atoms with Crippen molar-refractivity contribution in [3.05, 3.63) is 10.1 Å². The number of hydrogen-bond acceptors (Lipinski definition) is 4. The summed E-state index contributed by atoms with van der Waals surface area (Å²) in [5.74, 6) is 0.687. The zero-order valence-electron chi connectivity index (χ0n) is 13.2. The van der Waals surface area contributed by atoms with Crippen molar-refractivity contribution in [2.24, 2.45) is 22.7 Å².